The van der Waals surface area contributed by atoms with Crippen LogP contribution in [0.3, 0.4) is 0 Å². The van der Waals surface area contributed by atoms with E-state index in [1.54, 1.807) is 0 Å². The Kier molecular flexibility index (Phi) is 5.92. The number of likely N-dealkylation sites (tertiary alicyclic amines) is 1. The fourth-order valence-electron chi connectivity index (χ4n) is 2.60. The van der Waals surface area contributed by atoms with Crippen LogP contribution in [0.25, 0.3) is 0 Å². The molecule has 1 aromatic carbocycles. The maximum Gasteiger partial charge on any atom is 0.226 e. The lowest BCUT2D eigenvalue weighted by atomic mass is 10.1. The first-order valence-corrected chi connectivity index (χ1v) is 8.30. The zero-order valence-corrected chi connectivity index (χ0v) is 13.2. The summed E-state index contributed by atoms with van der Waals surface area (Å²) in [6.07, 6.45) is 1.14. The van der Waals surface area contributed by atoms with Gasteiger partial charge in [-0.2, -0.15) is 0 Å². The van der Waals surface area contributed by atoms with Crippen molar-refractivity contribution in [3.05, 3.63) is 30.3 Å². The number of hydrogen-bond donors (Lipinski definition) is 1. The average molecular weight is 292 g/mol. The molecule has 1 N–H and O–H groups in total. The van der Waals surface area contributed by atoms with Crippen molar-refractivity contribution in [1.29, 1.82) is 0 Å². The van der Waals surface area contributed by atoms with Gasteiger partial charge < -0.3 is 10.2 Å². The third-order valence-electron chi connectivity index (χ3n) is 3.76. The van der Waals surface area contributed by atoms with Crippen molar-refractivity contribution in [3.8, 4) is 0 Å². The van der Waals surface area contributed by atoms with Gasteiger partial charge in [-0.15, -0.1) is 11.8 Å². The summed E-state index contributed by atoms with van der Waals surface area (Å²) in [7, 11) is 1.90. The maximum absolute atomic E-state index is 12.2. The van der Waals surface area contributed by atoms with Gasteiger partial charge in [-0.1, -0.05) is 25.1 Å². The first-order chi connectivity index (χ1) is 9.70. The van der Waals surface area contributed by atoms with Gasteiger partial charge in [-0.05, 0) is 31.5 Å². The molecule has 1 fully saturated rings. The van der Waals surface area contributed by atoms with Gasteiger partial charge in [-0.3, -0.25) is 4.79 Å². The molecule has 0 spiro atoms. The van der Waals surface area contributed by atoms with E-state index in [0.29, 0.717) is 11.8 Å². The highest BCUT2D eigenvalue weighted by Gasteiger charge is 2.28. The second-order valence-electron chi connectivity index (χ2n) is 5.52. The Bertz CT molecular complexity index is 424. The van der Waals surface area contributed by atoms with Gasteiger partial charge in [0.25, 0.3) is 0 Å². The fourth-order valence-corrected chi connectivity index (χ4v) is 3.65. The van der Waals surface area contributed by atoms with E-state index in [9.17, 15) is 4.79 Å². The molecular formula is C16H24N2OS. The van der Waals surface area contributed by atoms with E-state index in [4.69, 9.17) is 0 Å². The minimum Gasteiger partial charge on any atom is -0.342 e. The molecule has 20 heavy (non-hydrogen) atoms. The maximum atomic E-state index is 12.2. The molecule has 1 amide bonds. The molecular weight excluding hydrogens is 268 g/mol. The fraction of sp³-hybridized carbons (Fsp3) is 0.562. The Morgan fingerprint density at radius 1 is 1.45 bits per heavy atom. The molecule has 1 aromatic rings. The summed E-state index contributed by atoms with van der Waals surface area (Å²) in [6.45, 7) is 4.61. The summed E-state index contributed by atoms with van der Waals surface area (Å²) in [5.74, 6) is 2.12. The highest BCUT2D eigenvalue weighted by atomic mass is 32.2. The molecule has 0 aromatic heterocycles. The Labute approximate surface area is 126 Å². The van der Waals surface area contributed by atoms with Crippen LogP contribution in [0.2, 0.25) is 0 Å². The van der Waals surface area contributed by atoms with Crippen LogP contribution in [0.5, 0.6) is 0 Å². The van der Waals surface area contributed by atoms with Crippen LogP contribution >= 0.6 is 11.8 Å². The summed E-state index contributed by atoms with van der Waals surface area (Å²) in [4.78, 5) is 15.6. The van der Waals surface area contributed by atoms with Crippen LogP contribution in [0.15, 0.2) is 35.2 Å². The second kappa shape index (κ2) is 7.70. The van der Waals surface area contributed by atoms with E-state index in [1.165, 1.54) is 4.90 Å². The first-order valence-electron chi connectivity index (χ1n) is 7.32. The van der Waals surface area contributed by atoms with Crippen LogP contribution in [-0.4, -0.2) is 43.2 Å². The minimum absolute atomic E-state index is 0.0838. The molecule has 1 heterocycles. The molecule has 1 saturated heterocycles. The topological polar surface area (TPSA) is 32.3 Å². The summed E-state index contributed by atoms with van der Waals surface area (Å²) in [5.41, 5.74) is 0. The van der Waals surface area contributed by atoms with E-state index in [2.05, 4.69) is 29.6 Å². The lowest BCUT2D eigenvalue weighted by Crippen LogP contribution is -2.37. The van der Waals surface area contributed by atoms with Crippen molar-refractivity contribution in [2.75, 3.05) is 32.4 Å². The van der Waals surface area contributed by atoms with Crippen LogP contribution in [0.4, 0.5) is 0 Å². The predicted octanol–water partition coefficient (Wildman–Crippen LogP) is 2.48. The lowest BCUT2D eigenvalue weighted by molar-refractivity contribution is -0.133. The largest absolute Gasteiger partial charge is 0.342 e. The number of carbonyl (C=O) groups is 1. The van der Waals surface area contributed by atoms with Crippen LogP contribution < -0.4 is 5.32 Å². The van der Waals surface area contributed by atoms with E-state index >= 15 is 0 Å². The summed E-state index contributed by atoms with van der Waals surface area (Å²) in [6, 6.07) is 10.5. The molecule has 1 aliphatic rings. The van der Waals surface area contributed by atoms with Gasteiger partial charge in [0.05, 0.1) is 0 Å². The summed E-state index contributed by atoms with van der Waals surface area (Å²) in [5, 5.41) is 3.08. The summed E-state index contributed by atoms with van der Waals surface area (Å²) >= 11 is 1.90. The number of hydrogen-bond acceptors (Lipinski definition) is 3. The SMILES string of the molecule is CNCC(C)C(=O)N1CCC(CSc2ccccc2)C1. The van der Waals surface area contributed by atoms with Crippen molar-refractivity contribution in [3.63, 3.8) is 0 Å². The van der Waals surface area contributed by atoms with Crippen molar-refractivity contribution in [2.24, 2.45) is 11.8 Å². The third kappa shape index (κ3) is 4.25. The monoisotopic (exact) mass is 292 g/mol. The zero-order valence-electron chi connectivity index (χ0n) is 12.3. The predicted molar refractivity (Wildman–Crippen MR) is 84.9 cm³/mol. The molecule has 110 valence electrons. The van der Waals surface area contributed by atoms with E-state index in [1.807, 2.05) is 36.7 Å². The highest BCUT2D eigenvalue weighted by Crippen LogP contribution is 2.26. The smallest absolute Gasteiger partial charge is 0.226 e. The van der Waals surface area contributed by atoms with Gasteiger partial charge in [0.1, 0.15) is 0 Å². The van der Waals surface area contributed by atoms with Gasteiger partial charge in [0.2, 0.25) is 5.91 Å². The Hall–Kier alpha value is -1.00. The van der Waals surface area contributed by atoms with E-state index < -0.39 is 0 Å². The molecule has 3 nitrogen and oxygen atoms in total. The molecule has 0 radical (unpaired) electrons. The normalized spacial score (nSPS) is 20.1. The van der Waals surface area contributed by atoms with Gasteiger partial charge in [-0.25, -0.2) is 0 Å². The minimum atomic E-state index is 0.0838. The molecule has 2 rings (SSSR count). The quantitative estimate of drug-likeness (QED) is 0.818. The van der Waals surface area contributed by atoms with Crippen molar-refractivity contribution >= 4 is 17.7 Å². The number of amides is 1. The van der Waals surface area contributed by atoms with Crippen LogP contribution in [0, 0.1) is 11.8 Å². The Morgan fingerprint density at radius 3 is 2.90 bits per heavy atom. The molecule has 0 saturated carbocycles. The van der Waals surface area contributed by atoms with Crippen molar-refractivity contribution in [1.82, 2.24) is 10.2 Å². The molecule has 2 unspecified atom stereocenters. The number of benzene rings is 1. The van der Waals surface area contributed by atoms with Crippen LogP contribution in [0.1, 0.15) is 13.3 Å². The number of nitrogens with zero attached hydrogens (tertiary/aromatic N) is 1. The van der Waals surface area contributed by atoms with Gasteiger partial charge in [0, 0.05) is 36.2 Å². The highest BCUT2D eigenvalue weighted by molar-refractivity contribution is 7.99. The Balaban J connectivity index is 1.76. The number of nitrogens with one attached hydrogen (secondary N) is 1. The van der Waals surface area contributed by atoms with Gasteiger partial charge >= 0.3 is 0 Å². The van der Waals surface area contributed by atoms with Crippen LogP contribution in [-0.2, 0) is 4.79 Å². The third-order valence-corrected chi connectivity index (χ3v) is 5.00. The van der Waals surface area contributed by atoms with Crippen molar-refractivity contribution < 1.29 is 4.79 Å². The zero-order chi connectivity index (χ0) is 14.4. The van der Waals surface area contributed by atoms with E-state index in [0.717, 1.165) is 31.8 Å². The average Bonchev–Trinajstić information content (AvgIpc) is 2.94. The van der Waals surface area contributed by atoms with E-state index in [-0.39, 0.29) is 5.92 Å². The van der Waals surface area contributed by atoms with Crippen molar-refractivity contribution in [2.45, 2.75) is 18.2 Å². The number of rotatable bonds is 6. The van der Waals surface area contributed by atoms with Gasteiger partial charge in [0.15, 0.2) is 0 Å². The molecule has 4 heteroatoms. The Morgan fingerprint density at radius 2 is 2.20 bits per heavy atom. The molecule has 0 bridgehead atoms. The lowest BCUT2D eigenvalue weighted by Gasteiger charge is -2.20. The first kappa shape index (κ1) is 15.4. The number of carbonyl (C=O) groups excluding carboxylic acids is 1. The number of thioether (sulfide) groups is 1. The summed E-state index contributed by atoms with van der Waals surface area (Å²) < 4.78 is 0. The molecule has 2 atom stereocenters. The standard InChI is InChI=1S/C16H24N2OS/c1-13(10-17-2)16(19)18-9-8-14(11-18)12-20-15-6-4-3-5-7-15/h3-7,13-14,17H,8-12H2,1-2H3. The molecule has 1 aliphatic heterocycles. The second-order valence-corrected chi connectivity index (χ2v) is 6.62. The molecule has 0 aliphatic carbocycles.